The molecule has 0 aliphatic heterocycles. The molecule has 1 N–H and O–H groups in total. The molecule has 140 valence electrons. The number of aromatic nitrogens is 1. The number of thiazole rings is 1. The van der Waals surface area contributed by atoms with Crippen molar-refractivity contribution in [3.05, 3.63) is 81.4 Å². The highest BCUT2D eigenvalue weighted by molar-refractivity contribution is 7.15. The summed E-state index contributed by atoms with van der Waals surface area (Å²) in [5, 5.41) is 3.18. The average Bonchev–Trinajstić information content (AvgIpc) is 2.94. The van der Waals surface area contributed by atoms with Gasteiger partial charge in [0.2, 0.25) is 0 Å². The van der Waals surface area contributed by atoms with E-state index in [0.29, 0.717) is 28.4 Å². The van der Waals surface area contributed by atoms with Gasteiger partial charge in [0, 0.05) is 16.9 Å². The van der Waals surface area contributed by atoms with E-state index in [4.69, 9.17) is 0 Å². The monoisotopic (exact) mass is 390 g/mol. The third kappa shape index (κ3) is 4.74. The van der Waals surface area contributed by atoms with Gasteiger partial charge in [0.15, 0.2) is 5.13 Å². The summed E-state index contributed by atoms with van der Waals surface area (Å²) in [7, 11) is 0. The first kappa shape index (κ1) is 19.1. The van der Waals surface area contributed by atoms with Gasteiger partial charge in [-0.15, -0.1) is 11.3 Å². The van der Waals surface area contributed by atoms with E-state index in [2.05, 4.69) is 10.3 Å². The summed E-state index contributed by atoms with van der Waals surface area (Å²) in [6.45, 7) is 3.72. The Morgan fingerprint density at radius 2 is 1.81 bits per heavy atom. The van der Waals surface area contributed by atoms with Crippen LogP contribution in [0.15, 0.2) is 48.5 Å². The molecule has 0 radical (unpaired) electrons. The fourth-order valence-electron chi connectivity index (χ4n) is 2.56. The minimum atomic E-state index is -4.37. The van der Waals surface area contributed by atoms with Gasteiger partial charge in [0.1, 0.15) is 0 Å². The number of anilines is 1. The van der Waals surface area contributed by atoms with E-state index in [9.17, 15) is 18.0 Å². The Morgan fingerprint density at radius 1 is 1.11 bits per heavy atom. The molecule has 0 aliphatic carbocycles. The summed E-state index contributed by atoms with van der Waals surface area (Å²) in [4.78, 5) is 17.4. The Hall–Kier alpha value is -2.67. The third-order valence-electron chi connectivity index (χ3n) is 4.05. The number of hydrogen-bond acceptors (Lipinski definition) is 3. The number of rotatable bonds is 4. The first-order chi connectivity index (χ1) is 12.7. The predicted octanol–water partition coefficient (Wildman–Crippen LogP) is 5.62. The van der Waals surface area contributed by atoms with Crippen LogP contribution in [-0.4, -0.2) is 10.9 Å². The Kier molecular flexibility index (Phi) is 5.32. The van der Waals surface area contributed by atoms with Gasteiger partial charge in [-0.3, -0.25) is 10.1 Å². The zero-order chi connectivity index (χ0) is 19.6. The predicted molar refractivity (Wildman–Crippen MR) is 100 cm³/mol. The van der Waals surface area contributed by atoms with Crippen LogP contribution in [0, 0.1) is 13.8 Å². The SMILES string of the molecule is Cc1ccc(C(=O)Nc2nc(C)c(Cc3cccc(C(F)(F)F)c3)s2)cc1. The third-order valence-corrected chi connectivity index (χ3v) is 5.12. The Bertz CT molecular complexity index is 962. The van der Waals surface area contributed by atoms with Crippen LogP contribution in [0.25, 0.3) is 0 Å². The van der Waals surface area contributed by atoms with Crippen LogP contribution in [-0.2, 0) is 12.6 Å². The van der Waals surface area contributed by atoms with Crippen LogP contribution in [0.3, 0.4) is 0 Å². The van der Waals surface area contributed by atoms with E-state index in [1.807, 2.05) is 19.1 Å². The molecular weight excluding hydrogens is 373 g/mol. The van der Waals surface area contributed by atoms with Gasteiger partial charge in [-0.2, -0.15) is 13.2 Å². The molecule has 0 saturated carbocycles. The molecule has 0 atom stereocenters. The van der Waals surface area contributed by atoms with Crippen molar-refractivity contribution in [3.63, 3.8) is 0 Å². The molecule has 0 spiro atoms. The number of carbonyl (C=O) groups excluding carboxylic acids is 1. The first-order valence-corrected chi connectivity index (χ1v) is 9.04. The van der Waals surface area contributed by atoms with Crippen molar-refractivity contribution < 1.29 is 18.0 Å². The molecule has 0 unspecified atom stereocenters. The summed E-state index contributed by atoms with van der Waals surface area (Å²) in [5.74, 6) is -0.269. The largest absolute Gasteiger partial charge is 0.416 e. The maximum Gasteiger partial charge on any atom is 0.416 e. The molecule has 3 rings (SSSR count). The van der Waals surface area contributed by atoms with Gasteiger partial charge in [0.25, 0.3) is 5.91 Å². The van der Waals surface area contributed by atoms with E-state index in [1.165, 1.54) is 17.4 Å². The molecular formula is C20H17F3N2OS. The maximum absolute atomic E-state index is 12.9. The van der Waals surface area contributed by atoms with Crippen LogP contribution in [0.5, 0.6) is 0 Å². The van der Waals surface area contributed by atoms with Crippen molar-refractivity contribution in [2.45, 2.75) is 26.4 Å². The highest BCUT2D eigenvalue weighted by Gasteiger charge is 2.30. The molecule has 3 aromatic rings. The standard InChI is InChI=1S/C20H17F3N2OS/c1-12-6-8-15(9-7-12)18(26)25-19-24-13(2)17(27-19)11-14-4-3-5-16(10-14)20(21,22)23/h3-10H,11H2,1-2H3,(H,24,25,26). The highest BCUT2D eigenvalue weighted by Crippen LogP contribution is 2.31. The molecule has 3 nitrogen and oxygen atoms in total. The van der Waals surface area contributed by atoms with Gasteiger partial charge in [-0.05, 0) is 37.6 Å². The van der Waals surface area contributed by atoms with Gasteiger partial charge in [0.05, 0.1) is 11.3 Å². The minimum Gasteiger partial charge on any atom is -0.298 e. The summed E-state index contributed by atoms with van der Waals surface area (Å²) >= 11 is 1.27. The maximum atomic E-state index is 12.9. The number of amides is 1. The molecule has 1 heterocycles. The second-order valence-corrected chi connectivity index (χ2v) is 7.31. The van der Waals surface area contributed by atoms with Gasteiger partial charge >= 0.3 is 6.18 Å². The number of benzene rings is 2. The van der Waals surface area contributed by atoms with Crippen LogP contribution < -0.4 is 5.32 Å². The second kappa shape index (κ2) is 7.52. The van der Waals surface area contributed by atoms with Gasteiger partial charge in [-0.25, -0.2) is 4.98 Å². The highest BCUT2D eigenvalue weighted by atomic mass is 32.1. The molecule has 1 amide bonds. The van der Waals surface area contributed by atoms with Crippen LogP contribution in [0.4, 0.5) is 18.3 Å². The second-order valence-electron chi connectivity index (χ2n) is 6.22. The molecule has 2 aromatic carbocycles. The lowest BCUT2D eigenvalue weighted by atomic mass is 10.1. The molecule has 7 heteroatoms. The summed E-state index contributed by atoms with van der Waals surface area (Å²) in [6, 6.07) is 12.4. The van der Waals surface area contributed by atoms with E-state index in [-0.39, 0.29) is 5.91 Å². The smallest absolute Gasteiger partial charge is 0.298 e. The van der Waals surface area contributed by atoms with Gasteiger partial charge in [-0.1, -0.05) is 35.9 Å². The molecule has 27 heavy (non-hydrogen) atoms. The number of hydrogen-bond donors (Lipinski definition) is 1. The number of aryl methyl sites for hydroxylation is 2. The van der Waals surface area contributed by atoms with Crippen molar-refractivity contribution in [1.82, 2.24) is 4.98 Å². The van der Waals surface area contributed by atoms with Crippen molar-refractivity contribution in [3.8, 4) is 0 Å². The van der Waals surface area contributed by atoms with E-state index in [0.717, 1.165) is 22.6 Å². The average molecular weight is 390 g/mol. The van der Waals surface area contributed by atoms with Crippen molar-refractivity contribution >= 4 is 22.4 Å². The van der Waals surface area contributed by atoms with Gasteiger partial charge < -0.3 is 0 Å². The Morgan fingerprint density at radius 3 is 2.48 bits per heavy atom. The normalized spacial score (nSPS) is 11.4. The van der Waals surface area contributed by atoms with Crippen LogP contribution in [0.1, 0.15) is 37.6 Å². The Balaban J connectivity index is 1.75. The lowest BCUT2D eigenvalue weighted by molar-refractivity contribution is -0.137. The lowest BCUT2D eigenvalue weighted by Crippen LogP contribution is -2.11. The molecule has 1 aromatic heterocycles. The summed E-state index contributed by atoms with van der Waals surface area (Å²) < 4.78 is 38.6. The molecule has 0 aliphatic rings. The Labute approximate surface area is 158 Å². The first-order valence-electron chi connectivity index (χ1n) is 8.23. The molecule has 0 fully saturated rings. The fraction of sp³-hybridized carbons (Fsp3) is 0.200. The lowest BCUT2D eigenvalue weighted by Gasteiger charge is -2.08. The number of nitrogens with one attached hydrogen (secondary N) is 1. The summed E-state index contributed by atoms with van der Waals surface area (Å²) in [6.07, 6.45) is -4.04. The van der Waals surface area contributed by atoms with Crippen molar-refractivity contribution in [1.29, 1.82) is 0 Å². The number of halogens is 3. The fourth-order valence-corrected chi connectivity index (χ4v) is 3.55. The van der Waals surface area contributed by atoms with Crippen LogP contribution in [0.2, 0.25) is 0 Å². The number of carbonyl (C=O) groups is 1. The van der Waals surface area contributed by atoms with Crippen molar-refractivity contribution in [2.24, 2.45) is 0 Å². The minimum absolute atomic E-state index is 0.269. The topological polar surface area (TPSA) is 42.0 Å². The zero-order valence-electron chi connectivity index (χ0n) is 14.7. The van der Waals surface area contributed by atoms with E-state index >= 15 is 0 Å². The quantitative estimate of drug-likeness (QED) is 0.628. The van der Waals surface area contributed by atoms with E-state index < -0.39 is 11.7 Å². The van der Waals surface area contributed by atoms with E-state index in [1.54, 1.807) is 25.1 Å². The molecule has 0 bridgehead atoms. The van der Waals surface area contributed by atoms with Crippen molar-refractivity contribution in [2.75, 3.05) is 5.32 Å². The van der Waals surface area contributed by atoms with Crippen LogP contribution >= 0.6 is 11.3 Å². The number of alkyl halides is 3. The summed E-state index contributed by atoms with van der Waals surface area (Å²) in [5.41, 5.74) is 2.15. The molecule has 0 saturated heterocycles. The zero-order valence-corrected chi connectivity index (χ0v) is 15.5. The number of nitrogens with zero attached hydrogens (tertiary/aromatic N) is 1.